The minimum atomic E-state index is -0.494. The Bertz CT molecular complexity index is 803. The van der Waals surface area contributed by atoms with E-state index in [1.807, 2.05) is 36.4 Å². The van der Waals surface area contributed by atoms with Crippen molar-refractivity contribution in [2.24, 2.45) is 0 Å². The van der Waals surface area contributed by atoms with Gasteiger partial charge in [0.05, 0.1) is 11.1 Å². The molecule has 0 aliphatic carbocycles. The van der Waals surface area contributed by atoms with Crippen LogP contribution in [0, 0.1) is 17.1 Å². The highest BCUT2D eigenvalue weighted by molar-refractivity contribution is 5.85. The summed E-state index contributed by atoms with van der Waals surface area (Å²) in [4.78, 5) is 4.24. The van der Waals surface area contributed by atoms with Gasteiger partial charge < -0.3 is 0 Å². The summed E-state index contributed by atoms with van der Waals surface area (Å²) in [5, 5.41) is 10.0. The van der Waals surface area contributed by atoms with Crippen molar-refractivity contribution in [2.75, 3.05) is 0 Å². The Balaban J connectivity index is 2.25. The van der Waals surface area contributed by atoms with E-state index in [9.17, 15) is 4.39 Å². The third-order valence-electron chi connectivity index (χ3n) is 3.04. The van der Waals surface area contributed by atoms with E-state index in [1.54, 1.807) is 18.3 Å². The lowest BCUT2D eigenvalue weighted by atomic mass is 9.98. The standard InChI is InChI=1S/C16H9FN2/c17-15-5-1-4-13(14(15)10-18)11-6-7-16-12(9-11)3-2-8-19-16/h1-9H. The Morgan fingerprint density at radius 3 is 2.79 bits per heavy atom. The summed E-state index contributed by atoms with van der Waals surface area (Å²) in [5.74, 6) is -0.494. The molecule has 3 aromatic rings. The van der Waals surface area contributed by atoms with Gasteiger partial charge in [-0.2, -0.15) is 5.26 Å². The van der Waals surface area contributed by atoms with E-state index < -0.39 is 5.82 Å². The smallest absolute Gasteiger partial charge is 0.141 e. The van der Waals surface area contributed by atoms with Gasteiger partial charge in [-0.15, -0.1) is 0 Å². The fourth-order valence-electron chi connectivity index (χ4n) is 2.12. The first-order chi connectivity index (χ1) is 9.29. The Hall–Kier alpha value is -2.73. The molecule has 0 saturated heterocycles. The number of benzene rings is 2. The molecule has 1 aromatic heterocycles. The molecular weight excluding hydrogens is 239 g/mol. The molecule has 0 unspecified atom stereocenters. The van der Waals surface area contributed by atoms with Crippen LogP contribution in [-0.2, 0) is 0 Å². The summed E-state index contributed by atoms with van der Waals surface area (Å²) in [6, 6.07) is 16.0. The molecule has 0 spiro atoms. The average Bonchev–Trinajstić information content (AvgIpc) is 2.46. The molecule has 0 saturated carbocycles. The van der Waals surface area contributed by atoms with Gasteiger partial charge in [0.15, 0.2) is 0 Å². The quantitative estimate of drug-likeness (QED) is 0.654. The van der Waals surface area contributed by atoms with Gasteiger partial charge in [-0.3, -0.25) is 4.98 Å². The Morgan fingerprint density at radius 2 is 1.95 bits per heavy atom. The van der Waals surface area contributed by atoms with Gasteiger partial charge in [-0.1, -0.05) is 24.3 Å². The third kappa shape index (κ3) is 1.94. The van der Waals surface area contributed by atoms with Gasteiger partial charge in [0, 0.05) is 17.1 Å². The van der Waals surface area contributed by atoms with E-state index in [4.69, 9.17) is 5.26 Å². The predicted octanol–water partition coefficient (Wildman–Crippen LogP) is 3.91. The molecule has 0 N–H and O–H groups in total. The van der Waals surface area contributed by atoms with Crippen LogP contribution < -0.4 is 0 Å². The zero-order valence-electron chi connectivity index (χ0n) is 9.97. The second kappa shape index (κ2) is 4.51. The molecule has 90 valence electrons. The maximum atomic E-state index is 13.6. The summed E-state index contributed by atoms with van der Waals surface area (Å²) >= 11 is 0. The normalized spacial score (nSPS) is 10.3. The average molecular weight is 248 g/mol. The summed E-state index contributed by atoms with van der Waals surface area (Å²) in [5.41, 5.74) is 2.37. The number of hydrogen-bond donors (Lipinski definition) is 0. The maximum Gasteiger partial charge on any atom is 0.141 e. The highest BCUT2D eigenvalue weighted by atomic mass is 19.1. The van der Waals surface area contributed by atoms with Crippen LogP contribution in [0.5, 0.6) is 0 Å². The van der Waals surface area contributed by atoms with Gasteiger partial charge in [0.25, 0.3) is 0 Å². The van der Waals surface area contributed by atoms with Gasteiger partial charge in [0.2, 0.25) is 0 Å². The van der Waals surface area contributed by atoms with Crippen LogP contribution in [0.25, 0.3) is 22.0 Å². The van der Waals surface area contributed by atoms with Crippen molar-refractivity contribution in [1.82, 2.24) is 4.98 Å². The number of pyridine rings is 1. The highest BCUT2D eigenvalue weighted by Gasteiger charge is 2.09. The second-order valence-corrected chi connectivity index (χ2v) is 4.19. The Labute approximate surface area is 109 Å². The molecule has 0 aliphatic heterocycles. The number of nitrogens with zero attached hydrogens (tertiary/aromatic N) is 2. The lowest BCUT2D eigenvalue weighted by Crippen LogP contribution is -1.89. The fraction of sp³-hybridized carbons (Fsp3) is 0. The first-order valence-electron chi connectivity index (χ1n) is 5.83. The molecule has 0 bridgehead atoms. The van der Waals surface area contributed by atoms with E-state index in [2.05, 4.69) is 4.98 Å². The summed E-state index contributed by atoms with van der Waals surface area (Å²) in [6.07, 6.45) is 1.73. The first-order valence-corrected chi connectivity index (χ1v) is 5.83. The first kappa shape index (κ1) is 11.4. The zero-order chi connectivity index (χ0) is 13.2. The Morgan fingerprint density at radius 1 is 1.05 bits per heavy atom. The van der Waals surface area contributed by atoms with Crippen LogP contribution in [0.3, 0.4) is 0 Å². The fourth-order valence-corrected chi connectivity index (χ4v) is 2.12. The molecule has 2 aromatic carbocycles. The van der Waals surface area contributed by atoms with Crippen molar-refractivity contribution in [1.29, 1.82) is 5.26 Å². The molecule has 19 heavy (non-hydrogen) atoms. The van der Waals surface area contributed by atoms with Gasteiger partial charge >= 0.3 is 0 Å². The summed E-state index contributed by atoms with van der Waals surface area (Å²) in [7, 11) is 0. The lowest BCUT2D eigenvalue weighted by molar-refractivity contribution is 0.624. The van der Waals surface area contributed by atoms with Gasteiger partial charge in [0.1, 0.15) is 11.9 Å². The van der Waals surface area contributed by atoms with Gasteiger partial charge in [-0.25, -0.2) is 4.39 Å². The molecule has 2 nitrogen and oxygen atoms in total. The van der Waals surface area contributed by atoms with Crippen molar-refractivity contribution in [2.45, 2.75) is 0 Å². The van der Waals surface area contributed by atoms with E-state index in [1.165, 1.54) is 6.07 Å². The van der Waals surface area contributed by atoms with Crippen molar-refractivity contribution in [3.63, 3.8) is 0 Å². The molecule has 0 fully saturated rings. The number of aromatic nitrogens is 1. The molecule has 1 heterocycles. The predicted molar refractivity (Wildman–Crippen MR) is 71.9 cm³/mol. The second-order valence-electron chi connectivity index (χ2n) is 4.19. The minimum Gasteiger partial charge on any atom is -0.256 e. The number of nitriles is 1. The van der Waals surface area contributed by atoms with Crippen LogP contribution in [0.2, 0.25) is 0 Å². The summed E-state index contributed by atoms with van der Waals surface area (Å²) in [6.45, 7) is 0. The maximum absolute atomic E-state index is 13.6. The van der Waals surface area contributed by atoms with E-state index in [0.717, 1.165) is 16.5 Å². The van der Waals surface area contributed by atoms with Crippen LogP contribution in [0.15, 0.2) is 54.7 Å². The number of hydrogen-bond acceptors (Lipinski definition) is 2. The largest absolute Gasteiger partial charge is 0.256 e. The van der Waals surface area contributed by atoms with Crippen molar-refractivity contribution < 1.29 is 4.39 Å². The van der Waals surface area contributed by atoms with E-state index in [-0.39, 0.29) is 5.56 Å². The van der Waals surface area contributed by atoms with Gasteiger partial charge in [-0.05, 0) is 29.8 Å². The number of rotatable bonds is 1. The van der Waals surface area contributed by atoms with Crippen LogP contribution in [0.4, 0.5) is 4.39 Å². The van der Waals surface area contributed by atoms with Crippen molar-refractivity contribution in [3.05, 3.63) is 66.1 Å². The molecule has 0 amide bonds. The topological polar surface area (TPSA) is 36.7 Å². The van der Waals surface area contributed by atoms with E-state index in [0.29, 0.717) is 5.56 Å². The number of fused-ring (bicyclic) bond motifs is 1. The molecule has 0 atom stereocenters. The highest BCUT2D eigenvalue weighted by Crippen LogP contribution is 2.27. The monoisotopic (exact) mass is 248 g/mol. The molecular formula is C16H9FN2. The van der Waals surface area contributed by atoms with Crippen LogP contribution >= 0.6 is 0 Å². The molecule has 0 aliphatic rings. The Kier molecular flexibility index (Phi) is 2.70. The SMILES string of the molecule is N#Cc1c(F)cccc1-c1ccc2ncccc2c1. The zero-order valence-corrected chi connectivity index (χ0v) is 9.97. The van der Waals surface area contributed by atoms with Crippen molar-refractivity contribution in [3.8, 4) is 17.2 Å². The molecule has 3 rings (SSSR count). The molecule has 3 heteroatoms. The number of halogens is 1. The summed E-state index contributed by atoms with van der Waals surface area (Å²) < 4.78 is 13.6. The van der Waals surface area contributed by atoms with E-state index >= 15 is 0 Å². The van der Waals surface area contributed by atoms with Crippen LogP contribution in [-0.4, -0.2) is 4.98 Å². The lowest BCUT2D eigenvalue weighted by Gasteiger charge is -2.06. The third-order valence-corrected chi connectivity index (χ3v) is 3.04. The molecule has 0 radical (unpaired) electrons. The van der Waals surface area contributed by atoms with Crippen LogP contribution in [0.1, 0.15) is 5.56 Å². The minimum absolute atomic E-state index is 0.0748. The van der Waals surface area contributed by atoms with Crippen molar-refractivity contribution >= 4 is 10.9 Å².